The molecule has 21 heavy (non-hydrogen) atoms. The Morgan fingerprint density at radius 2 is 1.81 bits per heavy atom. The van der Waals surface area contributed by atoms with Crippen molar-refractivity contribution in [2.75, 3.05) is 5.32 Å². The van der Waals surface area contributed by atoms with E-state index in [1.165, 1.54) is 0 Å². The van der Waals surface area contributed by atoms with Gasteiger partial charge in [-0.3, -0.25) is 9.59 Å². The van der Waals surface area contributed by atoms with E-state index in [2.05, 4.69) is 21.2 Å². The van der Waals surface area contributed by atoms with Gasteiger partial charge in [-0.25, -0.2) is 0 Å². The molecule has 0 bridgehead atoms. The number of amides is 1. The van der Waals surface area contributed by atoms with Gasteiger partial charge in [0, 0.05) is 10.2 Å². The van der Waals surface area contributed by atoms with E-state index in [1.54, 1.807) is 42.5 Å². The number of halogens is 2. The molecule has 0 aliphatic carbocycles. The highest BCUT2D eigenvalue weighted by molar-refractivity contribution is 9.10. The van der Waals surface area contributed by atoms with Crippen LogP contribution in [0.25, 0.3) is 0 Å². The van der Waals surface area contributed by atoms with E-state index in [0.29, 0.717) is 21.8 Å². The number of hydrogen-bond acceptors (Lipinski definition) is 2. The molecule has 0 radical (unpaired) electrons. The zero-order valence-corrected chi connectivity index (χ0v) is 13.1. The second kappa shape index (κ2) is 6.74. The summed E-state index contributed by atoms with van der Waals surface area (Å²) in [5.74, 6) is -1.22. The van der Waals surface area contributed by atoms with Gasteiger partial charge in [0.25, 0.3) is 5.91 Å². The molecule has 0 spiro atoms. The lowest BCUT2D eigenvalue weighted by Gasteiger charge is -2.08. The minimum Gasteiger partial charge on any atom is -0.481 e. The van der Waals surface area contributed by atoms with Crippen molar-refractivity contribution in [3.8, 4) is 0 Å². The third-order valence-corrected chi connectivity index (χ3v) is 3.56. The maximum absolute atomic E-state index is 12.1. The van der Waals surface area contributed by atoms with Crippen LogP contribution in [0.4, 0.5) is 5.69 Å². The summed E-state index contributed by atoms with van der Waals surface area (Å²) in [6.07, 6.45) is -0.0499. The van der Waals surface area contributed by atoms with E-state index in [9.17, 15) is 9.59 Å². The van der Waals surface area contributed by atoms with Crippen molar-refractivity contribution in [2.24, 2.45) is 0 Å². The molecule has 1 amide bonds. The van der Waals surface area contributed by atoms with Crippen molar-refractivity contribution in [3.05, 3.63) is 63.1 Å². The van der Waals surface area contributed by atoms with Gasteiger partial charge in [0.1, 0.15) is 0 Å². The van der Waals surface area contributed by atoms with Gasteiger partial charge in [0.2, 0.25) is 0 Å². The largest absolute Gasteiger partial charge is 0.481 e. The number of hydrogen-bond donors (Lipinski definition) is 2. The second-order valence-electron chi connectivity index (χ2n) is 4.35. The number of carbonyl (C=O) groups is 2. The maximum Gasteiger partial charge on any atom is 0.307 e. The molecule has 2 aromatic carbocycles. The number of anilines is 1. The van der Waals surface area contributed by atoms with Gasteiger partial charge in [-0.2, -0.15) is 0 Å². The van der Waals surface area contributed by atoms with Gasteiger partial charge in [0.05, 0.1) is 17.0 Å². The zero-order chi connectivity index (χ0) is 15.4. The van der Waals surface area contributed by atoms with Crippen LogP contribution in [-0.4, -0.2) is 17.0 Å². The number of rotatable bonds is 4. The van der Waals surface area contributed by atoms with Crippen LogP contribution in [0.5, 0.6) is 0 Å². The van der Waals surface area contributed by atoms with E-state index >= 15 is 0 Å². The Morgan fingerprint density at radius 3 is 2.43 bits per heavy atom. The van der Waals surface area contributed by atoms with Gasteiger partial charge in [-0.1, -0.05) is 39.7 Å². The summed E-state index contributed by atoms with van der Waals surface area (Å²) in [7, 11) is 0. The summed E-state index contributed by atoms with van der Waals surface area (Å²) in [5.41, 5.74) is 1.60. The highest BCUT2D eigenvalue weighted by Gasteiger charge is 2.11. The van der Waals surface area contributed by atoms with Gasteiger partial charge < -0.3 is 10.4 Å². The third kappa shape index (κ3) is 4.31. The molecule has 4 nitrogen and oxygen atoms in total. The first-order valence-electron chi connectivity index (χ1n) is 6.03. The Bertz CT molecular complexity index is 686. The van der Waals surface area contributed by atoms with Gasteiger partial charge in [-0.05, 0) is 35.9 Å². The molecule has 0 aromatic heterocycles. The average molecular weight is 369 g/mol. The van der Waals surface area contributed by atoms with Crippen LogP contribution < -0.4 is 5.32 Å². The Kier molecular flexibility index (Phi) is 4.98. The van der Waals surface area contributed by atoms with Crippen LogP contribution in [0.3, 0.4) is 0 Å². The predicted molar refractivity (Wildman–Crippen MR) is 84.9 cm³/mol. The van der Waals surface area contributed by atoms with Gasteiger partial charge in [0.15, 0.2) is 0 Å². The molecule has 0 unspecified atom stereocenters. The molecule has 0 heterocycles. The molecule has 2 rings (SSSR count). The zero-order valence-electron chi connectivity index (χ0n) is 10.8. The number of benzene rings is 2. The smallest absolute Gasteiger partial charge is 0.307 e. The quantitative estimate of drug-likeness (QED) is 0.858. The summed E-state index contributed by atoms with van der Waals surface area (Å²) < 4.78 is 0.758. The molecule has 0 aliphatic rings. The highest BCUT2D eigenvalue weighted by atomic mass is 79.9. The maximum atomic E-state index is 12.1. The Hall–Kier alpha value is -1.85. The van der Waals surface area contributed by atoms with Crippen molar-refractivity contribution in [3.63, 3.8) is 0 Å². The van der Waals surface area contributed by atoms with Crippen molar-refractivity contribution in [2.45, 2.75) is 6.42 Å². The molecular weight excluding hydrogens is 358 g/mol. The topological polar surface area (TPSA) is 66.4 Å². The number of aliphatic carboxylic acids is 1. The second-order valence-corrected chi connectivity index (χ2v) is 5.67. The number of carboxylic acid groups (broad SMARTS) is 1. The Balaban J connectivity index is 2.12. The molecule has 2 N–H and O–H groups in total. The lowest BCUT2D eigenvalue weighted by atomic mass is 10.1. The van der Waals surface area contributed by atoms with Crippen molar-refractivity contribution in [1.29, 1.82) is 0 Å². The van der Waals surface area contributed by atoms with Crippen LogP contribution in [0.1, 0.15) is 15.9 Å². The lowest BCUT2D eigenvalue weighted by molar-refractivity contribution is -0.136. The molecule has 0 saturated carbocycles. The van der Waals surface area contributed by atoms with Crippen LogP contribution in [0, 0.1) is 0 Å². The molecule has 0 fully saturated rings. The average Bonchev–Trinajstić information content (AvgIpc) is 2.43. The minimum atomic E-state index is -0.896. The lowest BCUT2D eigenvalue weighted by Crippen LogP contribution is -2.12. The van der Waals surface area contributed by atoms with E-state index < -0.39 is 5.97 Å². The van der Waals surface area contributed by atoms with Crippen molar-refractivity contribution in [1.82, 2.24) is 0 Å². The summed E-state index contributed by atoms with van der Waals surface area (Å²) >= 11 is 9.28. The number of carbonyl (C=O) groups excluding carboxylic acids is 1. The number of nitrogens with one attached hydrogen (secondary N) is 1. The molecule has 6 heteroatoms. The minimum absolute atomic E-state index is 0.0499. The van der Waals surface area contributed by atoms with E-state index in [1.807, 2.05) is 0 Å². The van der Waals surface area contributed by atoms with Crippen LogP contribution in [-0.2, 0) is 11.2 Å². The van der Waals surface area contributed by atoms with Crippen molar-refractivity contribution < 1.29 is 14.7 Å². The monoisotopic (exact) mass is 367 g/mol. The number of carboxylic acids is 1. The van der Waals surface area contributed by atoms with E-state index in [0.717, 1.165) is 4.47 Å². The Labute approximate surface area is 134 Å². The molecular formula is C15H11BrClNO3. The first kappa shape index (κ1) is 15.5. The van der Waals surface area contributed by atoms with Crippen LogP contribution >= 0.6 is 27.5 Å². The first-order valence-corrected chi connectivity index (χ1v) is 7.20. The summed E-state index contributed by atoms with van der Waals surface area (Å²) in [6, 6.07) is 11.6. The molecule has 0 saturated heterocycles. The SMILES string of the molecule is O=C(O)Cc1ccc(NC(=O)c2cc(Br)ccc2Cl)cc1. The Morgan fingerprint density at radius 1 is 1.14 bits per heavy atom. The standard InChI is InChI=1S/C15H11BrClNO3/c16-10-3-6-13(17)12(8-10)15(21)18-11-4-1-9(2-5-11)7-14(19)20/h1-6,8H,7H2,(H,18,21)(H,19,20). The fourth-order valence-electron chi connectivity index (χ4n) is 1.75. The fraction of sp³-hybridized carbons (Fsp3) is 0.0667. The molecule has 0 atom stereocenters. The summed E-state index contributed by atoms with van der Waals surface area (Å²) in [6.45, 7) is 0. The van der Waals surface area contributed by atoms with E-state index in [4.69, 9.17) is 16.7 Å². The normalized spacial score (nSPS) is 10.2. The summed E-state index contributed by atoms with van der Waals surface area (Å²) in [4.78, 5) is 22.7. The van der Waals surface area contributed by atoms with Gasteiger partial charge >= 0.3 is 5.97 Å². The van der Waals surface area contributed by atoms with Crippen LogP contribution in [0.2, 0.25) is 5.02 Å². The predicted octanol–water partition coefficient (Wildman–Crippen LogP) is 3.98. The fourth-order valence-corrected chi connectivity index (χ4v) is 2.31. The van der Waals surface area contributed by atoms with Crippen molar-refractivity contribution >= 4 is 45.1 Å². The molecule has 2 aromatic rings. The first-order chi connectivity index (χ1) is 9.95. The van der Waals surface area contributed by atoms with Crippen LogP contribution in [0.15, 0.2) is 46.9 Å². The molecule has 108 valence electrons. The molecule has 0 aliphatic heterocycles. The highest BCUT2D eigenvalue weighted by Crippen LogP contribution is 2.22. The third-order valence-electron chi connectivity index (χ3n) is 2.74. The van der Waals surface area contributed by atoms with E-state index in [-0.39, 0.29) is 12.3 Å². The van der Waals surface area contributed by atoms with Gasteiger partial charge in [-0.15, -0.1) is 0 Å². The summed E-state index contributed by atoms with van der Waals surface area (Å²) in [5, 5.41) is 11.8.